The molecule has 0 aromatic heterocycles. The van der Waals surface area contributed by atoms with E-state index in [0.717, 1.165) is 6.42 Å². The monoisotopic (exact) mass is 702 g/mol. The zero-order valence-corrected chi connectivity index (χ0v) is 34.5. The third kappa shape index (κ3) is 13.5. The van der Waals surface area contributed by atoms with Gasteiger partial charge in [-0.1, -0.05) is 48.5 Å². The second-order valence-corrected chi connectivity index (χ2v) is 21.8. The van der Waals surface area contributed by atoms with Gasteiger partial charge in [-0.25, -0.2) is 0 Å². The third-order valence-electron chi connectivity index (χ3n) is 7.63. The van der Waals surface area contributed by atoms with Crippen molar-refractivity contribution >= 4 is 35.9 Å². The van der Waals surface area contributed by atoms with Crippen molar-refractivity contribution in [1.29, 1.82) is 0 Å². The third-order valence-corrected chi connectivity index (χ3v) is 21.6. The summed E-state index contributed by atoms with van der Waals surface area (Å²) in [6.45, 7) is 29.8. The normalized spacial score (nSPS) is 33.1. The van der Waals surface area contributed by atoms with Crippen LogP contribution >= 0.6 is 0 Å². The minimum Gasteiger partial charge on any atom is -0.372 e. The predicted octanol–water partition coefficient (Wildman–Crippen LogP) is 7.65. The Kier molecular flexibility index (Phi) is 18.7. The molecule has 1 fully saturated rings. The van der Waals surface area contributed by atoms with Crippen LogP contribution in [0.15, 0.2) is 0 Å². The van der Waals surface area contributed by atoms with Crippen LogP contribution in [0.3, 0.4) is 0 Å². The molecule has 0 aromatic rings. The molecule has 7 atom stereocenters. The van der Waals surface area contributed by atoms with Gasteiger partial charge in [-0.3, -0.25) is 0 Å². The summed E-state index contributed by atoms with van der Waals surface area (Å²) in [5.74, 6) is 0. The minimum atomic E-state index is -4.29. The average Bonchev–Trinajstić information content (AvgIpc) is 2.95. The van der Waals surface area contributed by atoms with Crippen LogP contribution in [0, 0.1) is 0 Å². The quantitative estimate of drug-likeness (QED) is 0.110. The van der Waals surface area contributed by atoms with Crippen LogP contribution < -0.4 is 0 Å². The molecule has 0 saturated carbocycles. The molecule has 0 radical (unpaired) electrons. The van der Waals surface area contributed by atoms with Crippen LogP contribution in [0.4, 0.5) is 0 Å². The van der Waals surface area contributed by atoms with Crippen molar-refractivity contribution in [2.75, 3.05) is 0 Å². The van der Waals surface area contributed by atoms with E-state index in [0.29, 0.717) is 38.5 Å². The van der Waals surface area contributed by atoms with Gasteiger partial charge < -0.3 is 47.4 Å². The van der Waals surface area contributed by atoms with E-state index < -0.39 is 35.9 Å². The standard InChI is InChI=1S/C29H66O11Si4/c1-16-23(8)30-41(15)37-42(31-24(9)17-2,32-25(10)18-3)39-44(35-28(13)21-6,36-29(14)22-7)40-43(38-41,33-26(11)19-4)34-27(12)20-5/h23-29H,16-22H2,1-15H3. The van der Waals surface area contributed by atoms with Crippen molar-refractivity contribution in [3.63, 3.8) is 0 Å². The van der Waals surface area contributed by atoms with Gasteiger partial charge in [0.2, 0.25) is 0 Å². The molecule has 0 bridgehead atoms. The highest BCUT2D eigenvalue weighted by molar-refractivity contribution is 6.84. The molecule has 7 unspecified atom stereocenters. The molecule has 1 saturated heterocycles. The fourth-order valence-electron chi connectivity index (χ4n) is 3.69. The molecule has 0 N–H and O–H groups in total. The summed E-state index contributed by atoms with van der Waals surface area (Å²) in [5, 5.41) is 0. The van der Waals surface area contributed by atoms with Crippen molar-refractivity contribution in [3.05, 3.63) is 0 Å². The van der Waals surface area contributed by atoms with E-state index in [2.05, 4.69) is 0 Å². The summed E-state index contributed by atoms with van der Waals surface area (Å²) < 4.78 is 74.9. The Morgan fingerprint density at radius 2 is 0.523 bits per heavy atom. The van der Waals surface area contributed by atoms with Crippen molar-refractivity contribution in [2.45, 2.75) is 191 Å². The predicted molar refractivity (Wildman–Crippen MR) is 179 cm³/mol. The molecule has 15 heteroatoms. The highest BCUT2D eigenvalue weighted by Crippen LogP contribution is 2.39. The lowest BCUT2D eigenvalue weighted by Gasteiger charge is -2.48. The Morgan fingerprint density at radius 3 is 0.727 bits per heavy atom. The summed E-state index contributed by atoms with van der Waals surface area (Å²) >= 11 is 0. The van der Waals surface area contributed by atoms with Gasteiger partial charge in [0.1, 0.15) is 0 Å². The van der Waals surface area contributed by atoms with E-state index in [1.165, 1.54) is 0 Å². The lowest BCUT2D eigenvalue weighted by Crippen LogP contribution is -2.76. The molecule has 1 aliphatic heterocycles. The molecule has 0 amide bonds. The van der Waals surface area contributed by atoms with Crippen LogP contribution in [0.5, 0.6) is 0 Å². The van der Waals surface area contributed by atoms with E-state index in [4.69, 9.17) is 47.4 Å². The summed E-state index contributed by atoms with van der Waals surface area (Å²) in [6, 6.07) is 0. The zero-order valence-electron chi connectivity index (χ0n) is 30.5. The van der Waals surface area contributed by atoms with E-state index in [1.807, 2.05) is 103 Å². The van der Waals surface area contributed by atoms with Gasteiger partial charge in [-0.2, -0.15) is 0 Å². The van der Waals surface area contributed by atoms with Gasteiger partial charge >= 0.3 is 35.9 Å². The van der Waals surface area contributed by atoms with Crippen molar-refractivity contribution in [3.8, 4) is 0 Å². The first-order valence-electron chi connectivity index (χ1n) is 17.1. The van der Waals surface area contributed by atoms with Gasteiger partial charge in [0, 0.05) is 49.3 Å². The van der Waals surface area contributed by atoms with Gasteiger partial charge in [-0.15, -0.1) is 0 Å². The van der Waals surface area contributed by atoms with Crippen LogP contribution in [0.1, 0.15) is 142 Å². The summed E-state index contributed by atoms with van der Waals surface area (Å²) in [6.07, 6.45) is 2.92. The maximum Gasteiger partial charge on any atom is 0.668 e. The highest BCUT2D eigenvalue weighted by Gasteiger charge is 2.74. The lowest BCUT2D eigenvalue weighted by atomic mass is 10.3. The molecule has 1 rings (SSSR count). The van der Waals surface area contributed by atoms with Gasteiger partial charge in [0.15, 0.2) is 0 Å². The van der Waals surface area contributed by atoms with Crippen LogP contribution in [-0.2, 0) is 47.4 Å². The average molecular weight is 703 g/mol. The van der Waals surface area contributed by atoms with E-state index >= 15 is 0 Å². The summed E-state index contributed by atoms with van der Waals surface area (Å²) in [4.78, 5) is 0. The first-order chi connectivity index (χ1) is 20.5. The lowest BCUT2D eigenvalue weighted by molar-refractivity contribution is -0.124. The molecular weight excluding hydrogens is 637 g/mol. The Hall–Kier alpha value is 0.428. The van der Waals surface area contributed by atoms with Crippen molar-refractivity contribution < 1.29 is 47.4 Å². The largest absolute Gasteiger partial charge is 0.668 e. The first-order valence-corrected chi connectivity index (χ1v) is 24.2. The zero-order chi connectivity index (χ0) is 33.8. The summed E-state index contributed by atoms with van der Waals surface area (Å²) in [7, 11) is -16.4. The van der Waals surface area contributed by atoms with Gasteiger partial charge in [0.25, 0.3) is 0 Å². The Morgan fingerprint density at radius 1 is 0.341 bits per heavy atom. The molecule has 0 aromatic carbocycles. The van der Waals surface area contributed by atoms with Crippen molar-refractivity contribution in [1.82, 2.24) is 0 Å². The highest BCUT2D eigenvalue weighted by atomic mass is 28.6. The van der Waals surface area contributed by atoms with E-state index in [-0.39, 0.29) is 42.7 Å². The molecular formula is C29H66O11Si4. The van der Waals surface area contributed by atoms with Crippen LogP contribution in [-0.4, -0.2) is 78.7 Å². The molecule has 0 aliphatic carbocycles. The Bertz CT molecular complexity index is 720. The van der Waals surface area contributed by atoms with Crippen LogP contribution in [0.25, 0.3) is 0 Å². The van der Waals surface area contributed by atoms with Gasteiger partial charge in [0.05, 0.1) is 0 Å². The van der Waals surface area contributed by atoms with Crippen molar-refractivity contribution in [2.24, 2.45) is 0 Å². The number of rotatable bonds is 21. The molecule has 44 heavy (non-hydrogen) atoms. The smallest absolute Gasteiger partial charge is 0.372 e. The fraction of sp³-hybridized carbons (Fsp3) is 1.00. The molecule has 1 heterocycles. The fourth-order valence-corrected chi connectivity index (χ4v) is 19.7. The molecule has 264 valence electrons. The maximum atomic E-state index is 7.05. The summed E-state index contributed by atoms with van der Waals surface area (Å²) in [5.41, 5.74) is 0. The molecule has 0 spiro atoms. The van der Waals surface area contributed by atoms with E-state index in [1.54, 1.807) is 0 Å². The van der Waals surface area contributed by atoms with Gasteiger partial charge in [-0.05, 0) is 93.4 Å². The number of hydrogen-bond donors (Lipinski definition) is 0. The Labute approximate surface area is 274 Å². The number of hydrogen-bond acceptors (Lipinski definition) is 11. The van der Waals surface area contributed by atoms with Crippen LogP contribution in [0.2, 0.25) is 6.55 Å². The van der Waals surface area contributed by atoms with E-state index in [9.17, 15) is 0 Å². The Balaban J connectivity index is 4.19. The molecule has 1 aliphatic rings. The SMILES string of the molecule is CCC(C)O[Si]1(C)O[Si](OC(C)CC)(OC(C)CC)O[Si](OC(C)CC)(OC(C)CC)O[Si](OC(C)CC)(OC(C)CC)O1. The topological polar surface area (TPSA) is 102 Å². The minimum absolute atomic E-state index is 0.210. The second-order valence-electron chi connectivity index (χ2n) is 12.1. The maximum absolute atomic E-state index is 7.05. The first kappa shape index (κ1) is 42.5. The second kappa shape index (κ2) is 19.4. The molecule has 11 nitrogen and oxygen atoms in total.